The van der Waals surface area contributed by atoms with Gasteiger partial charge in [0.1, 0.15) is 6.42 Å². The second-order valence-electron chi connectivity index (χ2n) is 5.01. The van der Waals surface area contributed by atoms with Crippen LogP contribution in [0.15, 0.2) is 28.8 Å². The lowest BCUT2D eigenvalue weighted by Gasteiger charge is -2.21. The number of rotatable bonds is 3. The molecule has 0 saturated carbocycles. The summed E-state index contributed by atoms with van der Waals surface area (Å²) in [5.41, 5.74) is 2.75. The summed E-state index contributed by atoms with van der Waals surface area (Å²) in [6.07, 6.45) is 3.00. The zero-order chi connectivity index (χ0) is 13.9. The number of esters is 1. The van der Waals surface area contributed by atoms with Crippen molar-refractivity contribution in [1.29, 1.82) is 0 Å². The SMILES string of the molecule is COC(=O)Cc1nc(C2CCc3ccccc3C2)no1. The second-order valence-corrected chi connectivity index (χ2v) is 5.01. The van der Waals surface area contributed by atoms with E-state index in [0.29, 0.717) is 11.7 Å². The number of methoxy groups -OCH3 is 1. The molecule has 1 heterocycles. The number of aromatic nitrogens is 2. The molecule has 3 rings (SSSR count). The maximum atomic E-state index is 11.2. The maximum Gasteiger partial charge on any atom is 0.315 e. The summed E-state index contributed by atoms with van der Waals surface area (Å²) in [4.78, 5) is 15.5. The van der Waals surface area contributed by atoms with Gasteiger partial charge in [-0.3, -0.25) is 4.79 Å². The summed E-state index contributed by atoms with van der Waals surface area (Å²) >= 11 is 0. The number of nitrogens with zero attached hydrogens (tertiary/aromatic N) is 2. The van der Waals surface area contributed by atoms with Gasteiger partial charge in [-0.15, -0.1) is 0 Å². The quantitative estimate of drug-likeness (QED) is 0.800. The molecular weight excluding hydrogens is 256 g/mol. The number of fused-ring (bicyclic) bond motifs is 1. The average Bonchev–Trinajstić information content (AvgIpc) is 2.95. The third-order valence-electron chi connectivity index (χ3n) is 3.72. The summed E-state index contributed by atoms with van der Waals surface area (Å²) in [5.74, 6) is 0.915. The van der Waals surface area contributed by atoms with Crippen molar-refractivity contribution in [3.8, 4) is 0 Å². The Hall–Kier alpha value is -2.17. The van der Waals surface area contributed by atoms with E-state index in [-0.39, 0.29) is 18.3 Å². The number of benzene rings is 1. The van der Waals surface area contributed by atoms with Crippen LogP contribution >= 0.6 is 0 Å². The molecule has 1 atom stereocenters. The van der Waals surface area contributed by atoms with E-state index in [9.17, 15) is 4.79 Å². The molecule has 20 heavy (non-hydrogen) atoms. The molecule has 1 aliphatic rings. The van der Waals surface area contributed by atoms with Gasteiger partial charge >= 0.3 is 5.97 Å². The van der Waals surface area contributed by atoms with Gasteiger partial charge in [-0.2, -0.15) is 4.98 Å². The first kappa shape index (κ1) is 12.8. The van der Waals surface area contributed by atoms with Gasteiger partial charge in [-0.1, -0.05) is 29.4 Å². The van der Waals surface area contributed by atoms with E-state index in [1.54, 1.807) is 0 Å². The van der Waals surface area contributed by atoms with E-state index in [2.05, 4.69) is 39.1 Å². The van der Waals surface area contributed by atoms with Crippen LogP contribution in [0.3, 0.4) is 0 Å². The molecule has 0 saturated heterocycles. The standard InChI is InChI=1S/C15H16N2O3/c1-19-14(18)9-13-16-15(17-20-13)12-7-6-10-4-2-3-5-11(10)8-12/h2-5,12H,6-9H2,1H3. The fourth-order valence-corrected chi connectivity index (χ4v) is 2.62. The number of carbonyl (C=O) groups excluding carboxylic acids is 1. The Labute approximate surface area is 116 Å². The fourth-order valence-electron chi connectivity index (χ4n) is 2.62. The van der Waals surface area contributed by atoms with E-state index in [1.165, 1.54) is 18.2 Å². The minimum atomic E-state index is -0.366. The van der Waals surface area contributed by atoms with Crippen LogP contribution in [0.4, 0.5) is 0 Å². The number of carbonyl (C=O) groups is 1. The minimum absolute atomic E-state index is 0.0345. The molecule has 1 aromatic heterocycles. The predicted octanol–water partition coefficient (Wildman–Crippen LogP) is 2.06. The molecule has 5 nitrogen and oxygen atoms in total. The molecule has 0 N–H and O–H groups in total. The summed E-state index contributed by atoms with van der Waals surface area (Å²) in [6, 6.07) is 8.45. The van der Waals surface area contributed by atoms with Crippen LogP contribution in [-0.2, 0) is 28.8 Å². The lowest BCUT2D eigenvalue weighted by atomic mass is 9.83. The Morgan fingerprint density at radius 3 is 3.00 bits per heavy atom. The van der Waals surface area contributed by atoms with E-state index >= 15 is 0 Å². The molecule has 1 aliphatic carbocycles. The Bertz CT molecular complexity index is 621. The summed E-state index contributed by atoms with van der Waals surface area (Å²) in [6.45, 7) is 0. The number of aryl methyl sites for hydroxylation is 1. The van der Waals surface area contributed by atoms with Crippen LogP contribution in [-0.4, -0.2) is 23.2 Å². The highest BCUT2D eigenvalue weighted by Crippen LogP contribution is 2.31. The highest BCUT2D eigenvalue weighted by molar-refractivity contribution is 5.71. The number of hydrogen-bond acceptors (Lipinski definition) is 5. The zero-order valence-corrected chi connectivity index (χ0v) is 11.3. The van der Waals surface area contributed by atoms with Gasteiger partial charge in [0.2, 0.25) is 5.89 Å². The van der Waals surface area contributed by atoms with Crippen LogP contribution < -0.4 is 0 Å². The van der Waals surface area contributed by atoms with Crippen molar-refractivity contribution in [1.82, 2.24) is 10.1 Å². The largest absolute Gasteiger partial charge is 0.469 e. The first-order valence-electron chi connectivity index (χ1n) is 6.72. The highest BCUT2D eigenvalue weighted by atomic mass is 16.5. The number of ether oxygens (including phenoxy) is 1. The predicted molar refractivity (Wildman–Crippen MR) is 71.2 cm³/mol. The summed E-state index contributed by atoms with van der Waals surface area (Å²) < 4.78 is 9.71. The first-order valence-corrected chi connectivity index (χ1v) is 6.72. The molecule has 0 fully saturated rings. The monoisotopic (exact) mass is 272 g/mol. The van der Waals surface area contributed by atoms with E-state index in [4.69, 9.17) is 4.52 Å². The Morgan fingerprint density at radius 1 is 1.40 bits per heavy atom. The van der Waals surface area contributed by atoms with E-state index < -0.39 is 0 Å². The van der Waals surface area contributed by atoms with Crippen molar-refractivity contribution in [2.75, 3.05) is 7.11 Å². The van der Waals surface area contributed by atoms with Crippen molar-refractivity contribution in [2.45, 2.75) is 31.6 Å². The second kappa shape index (κ2) is 5.45. The first-order chi connectivity index (χ1) is 9.76. The third-order valence-corrected chi connectivity index (χ3v) is 3.72. The van der Waals surface area contributed by atoms with Crippen LogP contribution in [0.1, 0.15) is 35.2 Å². The average molecular weight is 272 g/mol. The van der Waals surface area contributed by atoms with Crippen molar-refractivity contribution in [3.05, 3.63) is 47.1 Å². The van der Waals surface area contributed by atoms with Gasteiger partial charge in [0.15, 0.2) is 5.82 Å². The van der Waals surface area contributed by atoms with Gasteiger partial charge in [0.05, 0.1) is 7.11 Å². The molecule has 5 heteroatoms. The highest BCUT2D eigenvalue weighted by Gasteiger charge is 2.24. The van der Waals surface area contributed by atoms with Gasteiger partial charge in [0.25, 0.3) is 0 Å². The fraction of sp³-hybridized carbons (Fsp3) is 0.400. The lowest BCUT2D eigenvalue weighted by molar-refractivity contribution is -0.140. The van der Waals surface area contributed by atoms with Crippen molar-refractivity contribution in [2.24, 2.45) is 0 Å². The molecule has 0 spiro atoms. The molecule has 104 valence electrons. The maximum absolute atomic E-state index is 11.2. The summed E-state index contributed by atoms with van der Waals surface area (Å²) in [5, 5.41) is 4.01. The van der Waals surface area contributed by atoms with Crippen LogP contribution in [0.25, 0.3) is 0 Å². The molecule has 2 aromatic rings. The van der Waals surface area contributed by atoms with Crippen LogP contribution in [0.5, 0.6) is 0 Å². The van der Waals surface area contributed by atoms with Gasteiger partial charge in [-0.05, 0) is 30.4 Å². The number of hydrogen-bond donors (Lipinski definition) is 0. The van der Waals surface area contributed by atoms with Crippen LogP contribution in [0, 0.1) is 0 Å². The van der Waals surface area contributed by atoms with Crippen molar-refractivity contribution < 1.29 is 14.1 Å². The molecule has 0 aliphatic heterocycles. The van der Waals surface area contributed by atoms with Gasteiger partial charge in [-0.25, -0.2) is 0 Å². The summed E-state index contributed by atoms with van der Waals surface area (Å²) in [7, 11) is 1.34. The van der Waals surface area contributed by atoms with Gasteiger partial charge < -0.3 is 9.26 Å². The Kier molecular flexibility index (Phi) is 3.50. The van der Waals surface area contributed by atoms with E-state index in [0.717, 1.165) is 19.3 Å². The molecule has 0 bridgehead atoms. The van der Waals surface area contributed by atoms with Crippen LogP contribution in [0.2, 0.25) is 0 Å². The smallest absolute Gasteiger partial charge is 0.315 e. The molecule has 1 aromatic carbocycles. The third kappa shape index (κ3) is 2.57. The normalized spacial score (nSPS) is 17.6. The Morgan fingerprint density at radius 2 is 2.20 bits per heavy atom. The minimum Gasteiger partial charge on any atom is -0.469 e. The molecule has 0 amide bonds. The van der Waals surface area contributed by atoms with Crippen molar-refractivity contribution >= 4 is 5.97 Å². The lowest BCUT2D eigenvalue weighted by Crippen LogP contribution is -2.14. The van der Waals surface area contributed by atoms with E-state index in [1.807, 2.05) is 0 Å². The Balaban J connectivity index is 1.73. The van der Waals surface area contributed by atoms with Gasteiger partial charge in [0, 0.05) is 5.92 Å². The molecule has 1 unspecified atom stereocenters. The topological polar surface area (TPSA) is 65.2 Å². The van der Waals surface area contributed by atoms with Crippen molar-refractivity contribution in [3.63, 3.8) is 0 Å². The molecule has 0 radical (unpaired) electrons. The molecular formula is C15H16N2O3. The zero-order valence-electron chi connectivity index (χ0n) is 11.3.